The molecule has 156 valence electrons. The molecule has 0 aromatic heterocycles. The van der Waals surface area contributed by atoms with Crippen LogP contribution in [0, 0.1) is 0 Å². The van der Waals surface area contributed by atoms with Crippen molar-refractivity contribution in [3.8, 4) is 0 Å². The summed E-state index contributed by atoms with van der Waals surface area (Å²) in [6.45, 7) is 3.97. The summed E-state index contributed by atoms with van der Waals surface area (Å²) in [4.78, 5) is 27.5. The fraction of sp³-hybridized carbons (Fsp3) is 1.00. The molecule has 0 saturated carbocycles. The first kappa shape index (κ1) is 24.6. The number of hydrogen-bond acceptors (Lipinski definition) is 10. The fourth-order valence-corrected chi connectivity index (χ4v) is 6.40. The van der Waals surface area contributed by atoms with Crippen LogP contribution in [0.15, 0.2) is 0 Å². The van der Waals surface area contributed by atoms with E-state index in [9.17, 15) is 33.2 Å². The summed E-state index contributed by atoms with van der Waals surface area (Å²) in [5.41, 5.74) is 0. The van der Waals surface area contributed by atoms with E-state index in [-0.39, 0.29) is 0 Å². The van der Waals surface area contributed by atoms with Crippen LogP contribution >= 0.6 is 30.6 Å². The number of rotatable bonds is 9. The monoisotopic (exact) mass is 462 g/mol. The van der Waals surface area contributed by atoms with Crippen molar-refractivity contribution in [2.75, 3.05) is 26.6 Å². The quantitative estimate of drug-likeness (QED) is 0.356. The van der Waals surface area contributed by atoms with Gasteiger partial charge in [0.25, 0.3) is 0 Å². The van der Waals surface area contributed by atoms with Gasteiger partial charge in [-0.1, -0.05) is 0 Å². The van der Waals surface area contributed by atoms with Gasteiger partial charge in [0.05, 0.1) is 12.7 Å². The van der Waals surface area contributed by atoms with Gasteiger partial charge >= 0.3 is 23.2 Å². The van der Waals surface area contributed by atoms with E-state index in [0.29, 0.717) is 6.66 Å². The molecule has 0 aliphatic carbocycles. The summed E-state index contributed by atoms with van der Waals surface area (Å²) in [6.07, 6.45) is -4.28. The maximum atomic E-state index is 11.7. The second-order valence-corrected chi connectivity index (χ2v) is 13.7. The van der Waals surface area contributed by atoms with Crippen LogP contribution < -0.4 is 0 Å². The smallest absolute Gasteiger partial charge is 0.387 e. The van der Waals surface area contributed by atoms with Crippen molar-refractivity contribution in [3.63, 3.8) is 0 Å². The van der Waals surface area contributed by atoms with Crippen LogP contribution in [-0.4, -0.2) is 70.8 Å². The van der Waals surface area contributed by atoms with Gasteiger partial charge in [0.1, 0.15) is 18.3 Å². The Morgan fingerprint density at radius 1 is 0.962 bits per heavy atom. The number of aliphatic hydroxyl groups is 1. The van der Waals surface area contributed by atoms with Crippen LogP contribution in [-0.2, 0) is 40.7 Å². The predicted molar refractivity (Wildman–Crippen MR) is 88.2 cm³/mol. The van der Waals surface area contributed by atoms with Gasteiger partial charge in [-0.15, -0.1) is 0 Å². The highest BCUT2D eigenvalue weighted by molar-refractivity contribution is 7.68. The Hall–Kier alpha value is 0.560. The van der Waals surface area contributed by atoms with E-state index in [1.807, 2.05) is 0 Å². The fourth-order valence-electron chi connectivity index (χ4n) is 2.03. The number of aliphatic hydroxyl groups excluding tert-OH is 1. The molecule has 1 aliphatic rings. The SMILES string of the molecule is C[C@@H]1O[C@H](COP(=O)(O)OP(=O)(O)OP(C)(=O)O)[C@H](O)C1OP(C)(C)=O. The Morgan fingerprint density at radius 3 is 1.96 bits per heavy atom. The molecule has 4 unspecified atom stereocenters. The van der Waals surface area contributed by atoms with Crippen LogP contribution in [0.2, 0.25) is 0 Å². The van der Waals surface area contributed by atoms with Crippen LogP contribution in [0.3, 0.4) is 0 Å². The summed E-state index contributed by atoms with van der Waals surface area (Å²) in [7, 11) is -18.1. The molecule has 1 saturated heterocycles. The second-order valence-electron chi connectivity index (χ2n) is 5.89. The molecule has 0 bridgehead atoms. The van der Waals surface area contributed by atoms with Gasteiger partial charge < -0.3 is 29.0 Å². The van der Waals surface area contributed by atoms with Crippen LogP contribution in [0.5, 0.6) is 0 Å². The van der Waals surface area contributed by atoms with Crippen molar-refractivity contribution in [2.45, 2.75) is 31.3 Å². The average molecular weight is 462 g/mol. The van der Waals surface area contributed by atoms with E-state index in [0.717, 1.165) is 0 Å². The highest BCUT2D eigenvalue weighted by Gasteiger charge is 2.46. The molecular formula is C9H22O13P4. The predicted octanol–water partition coefficient (Wildman–Crippen LogP) is 1.12. The van der Waals surface area contributed by atoms with Crippen molar-refractivity contribution >= 4 is 30.6 Å². The zero-order chi connectivity index (χ0) is 20.6. The van der Waals surface area contributed by atoms with E-state index in [1.165, 1.54) is 20.3 Å². The van der Waals surface area contributed by atoms with Crippen molar-refractivity contribution in [3.05, 3.63) is 0 Å². The molecule has 7 atom stereocenters. The van der Waals surface area contributed by atoms with E-state index in [4.69, 9.17) is 14.2 Å². The molecule has 1 rings (SSSR count). The first-order valence-electron chi connectivity index (χ1n) is 7.01. The lowest BCUT2D eigenvalue weighted by Gasteiger charge is -2.21. The van der Waals surface area contributed by atoms with Gasteiger partial charge in [0.15, 0.2) is 7.37 Å². The Kier molecular flexibility index (Phi) is 8.05. The minimum Gasteiger partial charge on any atom is -0.387 e. The van der Waals surface area contributed by atoms with E-state index in [1.54, 1.807) is 0 Å². The maximum Gasteiger partial charge on any atom is 0.488 e. The van der Waals surface area contributed by atoms with E-state index < -0.39 is 61.6 Å². The van der Waals surface area contributed by atoms with Crippen LogP contribution in [0.25, 0.3) is 0 Å². The minimum absolute atomic E-state index is 0.562. The van der Waals surface area contributed by atoms with Crippen LogP contribution in [0.1, 0.15) is 6.92 Å². The van der Waals surface area contributed by atoms with Gasteiger partial charge in [0, 0.05) is 20.0 Å². The van der Waals surface area contributed by atoms with Gasteiger partial charge in [-0.2, -0.15) is 4.31 Å². The Labute approximate surface area is 149 Å². The summed E-state index contributed by atoms with van der Waals surface area (Å²) in [5.74, 6) is 0. The maximum absolute atomic E-state index is 11.7. The topological polar surface area (TPSA) is 195 Å². The molecule has 0 aromatic rings. The lowest BCUT2D eigenvalue weighted by atomic mass is 10.1. The molecule has 0 amide bonds. The Morgan fingerprint density at radius 2 is 1.50 bits per heavy atom. The summed E-state index contributed by atoms with van der Waals surface area (Å²) in [6, 6.07) is 0. The second kappa shape index (κ2) is 8.51. The summed E-state index contributed by atoms with van der Waals surface area (Å²) in [5, 5.41) is 10.1. The first-order chi connectivity index (χ1) is 11.4. The molecular weight excluding hydrogens is 440 g/mol. The Bertz CT molecular complexity index is 681. The molecule has 1 aliphatic heterocycles. The lowest BCUT2D eigenvalue weighted by molar-refractivity contribution is -0.0168. The first-order valence-corrected chi connectivity index (χ1v) is 14.5. The normalized spacial score (nSPS) is 34.0. The molecule has 13 nitrogen and oxygen atoms in total. The van der Waals surface area contributed by atoms with Crippen molar-refractivity contribution in [1.82, 2.24) is 0 Å². The number of hydrogen-bond donors (Lipinski definition) is 4. The van der Waals surface area contributed by atoms with Gasteiger partial charge in [0.2, 0.25) is 0 Å². The molecule has 1 heterocycles. The van der Waals surface area contributed by atoms with Gasteiger partial charge in [-0.3, -0.25) is 13.7 Å². The highest BCUT2D eigenvalue weighted by Crippen LogP contribution is 2.66. The van der Waals surface area contributed by atoms with Crippen LogP contribution in [0.4, 0.5) is 0 Å². The van der Waals surface area contributed by atoms with Crippen molar-refractivity contribution in [2.24, 2.45) is 0 Å². The van der Waals surface area contributed by atoms with E-state index in [2.05, 4.69) is 13.1 Å². The largest absolute Gasteiger partial charge is 0.488 e. The third-order valence-electron chi connectivity index (χ3n) is 2.81. The molecule has 0 radical (unpaired) electrons. The molecule has 0 aromatic carbocycles. The highest BCUT2D eigenvalue weighted by atomic mass is 31.3. The van der Waals surface area contributed by atoms with Gasteiger partial charge in [-0.25, -0.2) is 13.4 Å². The summed E-state index contributed by atoms with van der Waals surface area (Å²) < 4.78 is 68.4. The molecule has 0 spiro atoms. The average Bonchev–Trinajstić information content (AvgIpc) is 2.58. The zero-order valence-corrected chi connectivity index (χ0v) is 17.8. The molecule has 1 fully saturated rings. The number of ether oxygens (including phenoxy) is 1. The number of phosphoric ester groups is 1. The van der Waals surface area contributed by atoms with E-state index >= 15 is 0 Å². The van der Waals surface area contributed by atoms with Crippen molar-refractivity contribution < 1.29 is 60.5 Å². The third-order valence-corrected chi connectivity index (χ3v) is 7.72. The third kappa shape index (κ3) is 8.71. The zero-order valence-electron chi connectivity index (χ0n) is 14.3. The summed E-state index contributed by atoms with van der Waals surface area (Å²) >= 11 is 0. The standard InChI is InChI=1S/C9H22O13P4/c1-6-9(20-23(2,3)11)8(10)7(19-6)5-18-25(14,15)22-26(16,17)21-24(4,12)13/h6-10H,5H2,1-4H3,(H,12,13)(H,14,15)(H,16,17)/t6-,7+,8-,9?/m0/s1. The number of phosphoric acid groups is 2. The minimum atomic E-state index is -5.38. The molecule has 26 heavy (non-hydrogen) atoms. The van der Waals surface area contributed by atoms with Gasteiger partial charge in [-0.05, 0) is 6.92 Å². The molecule has 17 heteroatoms. The molecule has 4 N–H and O–H groups in total. The lowest BCUT2D eigenvalue weighted by Crippen LogP contribution is -2.35. The Balaban J connectivity index is 2.68. The van der Waals surface area contributed by atoms with Crippen molar-refractivity contribution in [1.29, 1.82) is 0 Å².